The Morgan fingerprint density at radius 1 is 1.82 bits per heavy atom. The van der Waals surface area contributed by atoms with Crippen LogP contribution < -0.4 is 10.6 Å². The standard InChI is InChI=1S/C6H10N2O2S/c1-3-4-7-5(11)8-6(9)10-2/h3H,1,4H2,2H3,(H2,7,8,9,11). The molecule has 0 aliphatic heterocycles. The minimum atomic E-state index is -0.577. The van der Waals surface area contributed by atoms with Gasteiger partial charge in [-0.2, -0.15) is 0 Å². The summed E-state index contributed by atoms with van der Waals surface area (Å²) in [6, 6.07) is 0. The van der Waals surface area contributed by atoms with Crippen LogP contribution in [0.2, 0.25) is 0 Å². The molecule has 0 aromatic heterocycles. The van der Waals surface area contributed by atoms with Crippen molar-refractivity contribution in [1.82, 2.24) is 10.6 Å². The zero-order chi connectivity index (χ0) is 8.69. The Morgan fingerprint density at radius 2 is 2.45 bits per heavy atom. The summed E-state index contributed by atoms with van der Waals surface area (Å²) in [5.41, 5.74) is 0. The maximum atomic E-state index is 10.5. The second kappa shape index (κ2) is 5.67. The third-order valence-corrected chi connectivity index (χ3v) is 1.05. The van der Waals surface area contributed by atoms with E-state index in [1.165, 1.54) is 7.11 Å². The van der Waals surface area contributed by atoms with Gasteiger partial charge in [-0.25, -0.2) is 4.79 Å². The minimum absolute atomic E-state index is 0.233. The summed E-state index contributed by atoms with van der Waals surface area (Å²) in [6.07, 6.45) is 1.05. The van der Waals surface area contributed by atoms with Gasteiger partial charge in [0.15, 0.2) is 5.11 Å². The molecule has 1 amide bonds. The van der Waals surface area contributed by atoms with E-state index in [4.69, 9.17) is 12.2 Å². The summed E-state index contributed by atoms with van der Waals surface area (Å²) < 4.78 is 4.30. The van der Waals surface area contributed by atoms with Gasteiger partial charge in [0.2, 0.25) is 0 Å². The van der Waals surface area contributed by atoms with E-state index in [9.17, 15) is 4.79 Å². The lowest BCUT2D eigenvalue weighted by atomic mass is 10.6. The van der Waals surface area contributed by atoms with E-state index < -0.39 is 6.09 Å². The molecule has 0 rings (SSSR count). The first-order valence-corrected chi connectivity index (χ1v) is 3.35. The molecule has 0 bridgehead atoms. The van der Waals surface area contributed by atoms with E-state index in [-0.39, 0.29) is 5.11 Å². The van der Waals surface area contributed by atoms with Crippen LogP contribution in [0.5, 0.6) is 0 Å². The van der Waals surface area contributed by atoms with Gasteiger partial charge in [-0.15, -0.1) is 6.58 Å². The molecule has 62 valence electrons. The SMILES string of the molecule is C=CCNC(=S)NC(=O)OC. The van der Waals surface area contributed by atoms with E-state index >= 15 is 0 Å². The molecule has 0 aromatic carbocycles. The van der Waals surface area contributed by atoms with Crippen LogP contribution in [0.4, 0.5) is 4.79 Å². The average Bonchev–Trinajstić information content (AvgIpc) is 2.00. The molecule has 0 unspecified atom stereocenters. The fourth-order valence-corrected chi connectivity index (χ4v) is 0.519. The van der Waals surface area contributed by atoms with Gasteiger partial charge in [-0.1, -0.05) is 6.08 Å². The summed E-state index contributed by atoms with van der Waals surface area (Å²) >= 11 is 4.69. The summed E-state index contributed by atoms with van der Waals surface area (Å²) in [5.74, 6) is 0. The molecule has 0 aliphatic rings. The van der Waals surface area contributed by atoms with Crippen molar-refractivity contribution >= 4 is 23.4 Å². The fraction of sp³-hybridized carbons (Fsp3) is 0.333. The molecule has 4 nitrogen and oxygen atoms in total. The van der Waals surface area contributed by atoms with Gasteiger partial charge in [0.25, 0.3) is 0 Å². The molecular formula is C6H10N2O2S. The summed E-state index contributed by atoms with van der Waals surface area (Å²) in [7, 11) is 1.27. The molecule has 2 N–H and O–H groups in total. The number of hydrogen-bond acceptors (Lipinski definition) is 3. The highest BCUT2D eigenvalue weighted by molar-refractivity contribution is 7.80. The lowest BCUT2D eigenvalue weighted by molar-refractivity contribution is 0.176. The van der Waals surface area contributed by atoms with Crippen LogP contribution in [0.25, 0.3) is 0 Å². The Balaban J connectivity index is 3.51. The Labute approximate surface area is 70.6 Å². The van der Waals surface area contributed by atoms with Crippen LogP contribution in [0.3, 0.4) is 0 Å². The topological polar surface area (TPSA) is 50.4 Å². The van der Waals surface area contributed by atoms with Crippen molar-refractivity contribution < 1.29 is 9.53 Å². The fourth-order valence-electron chi connectivity index (χ4n) is 0.353. The Hall–Kier alpha value is -1.10. The lowest BCUT2D eigenvalue weighted by Crippen LogP contribution is -2.39. The number of alkyl carbamates (subject to hydrolysis) is 1. The van der Waals surface area contributed by atoms with E-state index in [0.717, 1.165) is 0 Å². The molecule has 0 aromatic rings. The van der Waals surface area contributed by atoms with Crippen molar-refractivity contribution in [2.24, 2.45) is 0 Å². The first-order valence-electron chi connectivity index (χ1n) is 2.94. The van der Waals surface area contributed by atoms with E-state index in [1.54, 1.807) is 6.08 Å². The minimum Gasteiger partial charge on any atom is -0.453 e. The number of amides is 1. The molecule has 0 atom stereocenters. The van der Waals surface area contributed by atoms with Gasteiger partial charge in [0, 0.05) is 6.54 Å². The van der Waals surface area contributed by atoms with Gasteiger partial charge in [0.1, 0.15) is 0 Å². The first-order chi connectivity index (χ1) is 5.20. The van der Waals surface area contributed by atoms with Crippen LogP contribution in [0.15, 0.2) is 12.7 Å². The molecule has 0 fully saturated rings. The zero-order valence-corrected chi connectivity index (χ0v) is 7.03. The molecule has 0 aliphatic carbocycles. The molecule has 0 saturated carbocycles. The lowest BCUT2D eigenvalue weighted by Gasteiger charge is -2.05. The first kappa shape index (κ1) is 9.90. The van der Waals surface area contributed by atoms with E-state index in [2.05, 4.69) is 21.9 Å². The van der Waals surface area contributed by atoms with Crippen LogP contribution in [-0.2, 0) is 4.74 Å². The Morgan fingerprint density at radius 3 is 2.91 bits per heavy atom. The van der Waals surface area contributed by atoms with Gasteiger partial charge >= 0.3 is 6.09 Å². The van der Waals surface area contributed by atoms with Crippen LogP contribution in [0.1, 0.15) is 0 Å². The third-order valence-electron chi connectivity index (χ3n) is 0.808. The molecule has 0 spiro atoms. The van der Waals surface area contributed by atoms with Crippen molar-refractivity contribution in [3.8, 4) is 0 Å². The maximum Gasteiger partial charge on any atom is 0.413 e. The van der Waals surface area contributed by atoms with Crippen LogP contribution >= 0.6 is 12.2 Å². The third kappa shape index (κ3) is 5.35. The maximum absolute atomic E-state index is 10.5. The largest absolute Gasteiger partial charge is 0.453 e. The predicted octanol–water partition coefficient (Wildman–Crippen LogP) is 0.403. The predicted molar refractivity (Wildman–Crippen MR) is 46.3 cm³/mol. The highest BCUT2D eigenvalue weighted by atomic mass is 32.1. The number of hydrogen-bond donors (Lipinski definition) is 2. The van der Waals surface area contributed by atoms with Crippen molar-refractivity contribution in [2.75, 3.05) is 13.7 Å². The molecule has 11 heavy (non-hydrogen) atoms. The second-order valence-electron chi connectivity index (χ2n) is 1.62. The van der Waals surface area contributed by atoms with Crippen LogP contribution in [0, 0.1) is 0 Å². The smallest absolute Gasteiger partial charge is 0.413 e. The van der Waals surface area contributed by atoms with E-state index in [1.807, 2.05) is 0 Å². The number of rotatable bonds is 2. The van der Waals surface area contributed by atoms with Crippen molar-refractivity contribution in [1.29, 1.82) is 0 Å². The number of ether oxygens (including phenoxy) is 1. The molecule has 5 heteroatoms. The molecular weight excluding hydrogens is 164 g/mol. The van der Waals surface area contributed by atoms with Gasteiger partial charge in [0.05, 0.1) is 7.11 Å². The summed E-state index contributed by atoms with van der Waals surface area (Å²) in [4.78, 5) is 10.5. The number of thiocarbonyl (C=S) groups is 1. The quantitative estimate of drug-likeness (QED) is 0.470. The van der Waals surface area contributed by atoms with Gasteiger partial charge < -0.3 is 10.1 Å². The molecule has 0 saturated heterocycles. The number of nitrogens with one attached hydrogen (secondary N) is 2. The zero-order valence-electron chi connectivity index (χ0n) is 6.22. The second-order valence-corrected chi connectivity index (χ2v) is 2.02. The molecule has 0 radical (unpaired) electrons. The van der Waals surface area contributed by atoms with E-state index in [0.29, 0.717) is 6.54 Å². The van der Waals surface area contributed by atoms with Crippen LogP contribution in [-0.4, -0.2) is 24.9 Å². The van der Waals surface area contributed by atoms with Gasteiger partial charge in [-0.05, 0) is 12.2 Å². The number of carbonyl (C=O) groups is 1. The Bertz CT molecular complexity index is 170. The summed E-state index contributed by atoms with van der Waals surface area (Å²) in [6.45, 7) is 3.98. The number of methoxy groups -OCH3 is 1. The molecule has 0 heterocycles. The van der Waals surface area contributed by atoms with Crippen molar-refractivity contribution in [3.63, 3.8) is 0 Å². The monoisotopic (exact) mass is 174 g/mol. The highest BCUT2D eigenvalue weighted by Gasteiger charge is 1.99. The number of carbonyl (C=O) groups excluding carboxylic acids is 1. The van der Waals surface area contributed by atoms with Crippen molar-refractivity contribution in [3.05, 3.63) is 12.7 Å². The normalized spacial score (nSPS) is 8.09. The van der Waals surface area contributed by atoms with Gasteiger partial charge in [-0.3, -0.25) is 5.32 Å². The average molecular weight is 174 g/mol. The Kier molecular flexibility index (Phi) is 5.10. The van der Waals surface area contributed by atoms with Crippen molar-refractivity contribution in [2.45, 2.75) is 0 Å². The summed E-state index contributed by atoms with van der Waals surface area (Å²) in [5, 5.41) is 5.21. The highest BCUT2D eigenvalue weighted by Crippen LogP contribution is 1.72.